The first-order valence-electron chi connectivity index (χ1n) is 14.0. The van der Waals surface area contributed by atoms with Crippen LogP contribution in [0.4, 0.5) is 0 Å². The number of rotatable bonds is 2. The van der Waals surface area contributed by atoms with Crippen LogP contribution in [0.25, 0.3) is 0 Å². The van der Waals surface area contributed by atoms with Gasteiger partial charge in [-0.1, -0.05) is 114 Å². The van der Waals surface area contributed by atoms with Crippen LogP contribution < -0.4 is 7.58 Å². The number of fused-ring (bicyclic) bond motifs is 2. The number of hydrogen-bond acceptors (Lipinski definition) is 3. The van der Waals surface area contributed by atoms with E-state index in [1.807, 2.05) is 0 Å². The molecule has 0 amide bonds. The van der Waals surface area contributed by atoms with E-state index in [4.69, 9.17) is 11.4 Å². The third-order valence-electron chi connectivity index (χ3n) is 7.33. The van der Waals surface area contributed by atoms with Gasteiger partial charge in [0.15, 0.2) is 0 Å². The molecule has 0 bridgehead atoms. The van der Waals surface area contributed by atoms with Crippen LogP contribution in [0.5, 0.6) is 11.5 Å². The van der Waals surface area contributed by atoms with Crippen LogP contribution in [0.15, 0.2) is 24.3 Å². The van der Waals surface area contributed by atoms with E-state index < -0.39 is 15.1 Å². The summed E-state index contributed by atoms with van der Waals surface area (Å²) in [6, 6.07) is 9.46. The molecule has 1 aliphatic heterocycles. The molecule has 0 spiro atoms. The average Bonchev–Trinajstić information content (AvgIpc) is 2.68. The van der Waals surface area contributed by atoms with Crippen molar-refractivity contribution in [3.05, 3.63) is 57.6 Å². The van der Waals surface area contributed by atoms with Gasteiger partial charge in [-0.05, 0) is 68.9 Å². The van der Waals surface area contributed by atoms with Crippen LogP contribution in [0.1, 0.15) is 143 Å². The molecule has 0 saturated heterocycles. The van der Waals surface area contributed by atoms with Crippen LogP contribution in [-0.2, 0) is 25.4 Å². The molecule has 3 rings (SSSR count). The third-order valence-corrected chi connectivity index (χ3v) is 8.95. The molecular weight excluding hydrogens is 471 g/mol. The molecule has 4 heteroatoms. The Morgan fingerprint density at radius 3 is 1.24 bits per heavy atom. The molecule has 0 unspecified atom stereocenters. The van der Waals surface area contributed by atoms with Crippen molar-refractivity contribution in [3.8, 4) is 11.5 Å². The molecular formula is C33H51AlO3. The van der Waals surface area contributed by atoms with Crippen LogP contribution >= 0.6 is 0 Å². The molecule has 0 aliphatic carbocycles. The van der Waals surface area contributed by atoms with Crippen molar-refractivity contribution in [3.63, 3.8) is 0 Å². The van der Waals surface area contributed by atoms with E-state index in [2.05, 4.69) is 128 Å². The molecule has 1 aliphatic rings. The second kappa shape index (κ2) is 9.93. The molecule has 2 aromatic rings. The molecule has 0 fully saturated rings. The minimum atomic E-state index is -2.57. The lowest BCUT2D eigenvalue weighted by molar-refractivity contribution is 0.151. The van der Waals surface area contributed by atoms with Gasteiger partial charge in [-0.2, -0.15) is 0 Å². The fraction of sp³-hybridized carbons (Fsp3) is 0.636. The van der Waals surface area contributed by atoms with Crippen molar-refractivity contribution in [2.75, 3.05) is 0 Å². The molecule has 2 aromatic carbocycles. The molecule has 0 radical (unpaired) electrons. The molecule has 1 heterocycles. The Morgan fingerprint density at radius 1 is 0.622 bits per heavy atom. The quantitative estimate of drug-likeness (QED) is 0.368. The molecule has 0 atom stereocenters. The summed E-state index contributed by atoms with van der Waals surface area (Å²) in [5.74, 6) is 2.01. The second-order valence-corrected chi connectivity index (χ2v) is 16.6. The van der Waals surface area contributed by atoms with E-state index in [0.29, 0.717) is 0 Å². The highest BCUT2D eigenvalue weighted by atomic mass is 27.3. The van der Waals surface area contributed by atoms with E-state index in [0.717, 1.165) is 11.5 Å². The minimum Gasteiger partial charge on any atom is -0.588 e. The zero-order valence-corrected chi connectivity index (χ0v) is 27.4. The van der Waals surface area contributed by atoms with Gasteiger partial charge in [-0.3, -0.25) is 0 Å². The van der Waals surface area contributed by atoms with Gasteiger partial charge in [-0.15, -0.1) is 0 Å². The van der Waals surface area contributed by atoms with Gasteiger partial charge in [0.25, 0.3) is 0 Å². The van der Waals surface area contributed by atoms with E-state index in [1.54, 1.807) is 0 Å². The van der Waals surface area contributed by atoms with Gasteiger partial charge in [0.2, 0.25) is 0 Å². The summed E-state index contributed by atoms with van der Waals surface area (Å²) in [4.78, 5) is 0. The molecule has 0 N–H and O–H groups in total. The van der Waals surface area contributed by atoms with E-state index >= 15 is 0 Å². The van der Waals surface area contributed by atoms with E-state index in [1.165, 1.54) is 33.4 Å². The average molecular weight is 523 g/mol. The summed E-state index contributed by atoms with van der Waals surface area (Å²) >= 11 is -2.57. The minimum absolute atomic E-state index is 0.0132. The standard InChI is InChI=1S/C30H46O2.C3H7O.Al/c1-18(21-14-19(27(2,3)4)16-23(25(21)31)29(8,9)10)22-15-20(28(5,6)7)17-24(26(22)32)30(11,12)13;1-3(2)4;/h14-18,31-32H,1-13H3;3H,1-2H3;/q;-1;+3/p-2. The summed E-state index contributed by atoms with van der Waals surface area (Å²) in [5, 5.41) is 0. The van der Waals surface area contributed by atoms with E-state index in [9.17, 15) is 0 Å². The summed E-state index contributed by atoms with van der Waals surface area (Å²) in [6.45, 7) is 33.8. The topological polar surface area (TPSA) is 27.7 Å². The van der Waals surface area contributed by atoms with Crippen LogP contribution in [0.3, 0.4) is 0 Å². The zero-order chi connectivity index (χ0) is 28.3. The molecule has 0 saturated carbocycles. The lowest BCUT2D eigenvalue weighted by Crippen LogP contribution is -2.39. The Bertz CT molecular complexity index is 1050. The SMILES string of the molecule is CC(C)[O][Al]1[O]c2c(cc(C(C)(C)C)cc2C(C)(C)C)C(C)c2cc(C(C)(C)C)cc(C(C)(C)C)c2[O]1. The Hall–Kier alpha value is -1.47. The maximum absolute atomic E-state index is 6.86. The zero-order valence-electron chi connectivity index (χ0n) is 26.3. The lowest BCUT2D eigenvalue weighted by atomic mass is 9.74. The highest BCUT2D eigenvalue weighted by Crippen LogP contribution is 2.49. The normalized spacial score (nSPS) is 15.5. The van der Waals surface area contributed by atoms with Crippen molar-refractivity contribution in [1.29, 1.82) is 0 Å². The third kappa shape index (κ3) is 6.58. The highest BCUT2D eigenvalue weighted by Gasteiger charge is 2.46. The molecule has 37 heavy (non-hydrogen) atoms. The number of hydrogen-bond donors (Lipinski definition) is 0. The van der Waals surface area contributed by atoms with Crippen molar-refractivity contribution in [2.24, 2.45) is 0 Å². The Labute approximate surface area is 232 Å². The predicted octanol–water partition coefficient (Wildman–Crippen LogP) is 9.21. The van der Waals surface area contributed by atoms with Gasteiger partial charge >= 0.3 is 15.1 Å². The summed E-state index contributed by atoms with van der Waals surface area (Å²) < 4.78 is 20.1. The van der Waals surface area contributed by atoms with Crippen molar-refractivity contribution in [2.45, 2.75) is 138 Å². The number of benzene rings is 2. The Balaban J connectivity index is 2.48. The van der Waals surface area contributed by atoms with Gasteiger partial charge in [-0.25, -0.2) is 0 Å². The molecule has 3 nitrogen and oxygen atoms in total. The molecule has 204 valence electrons. The summed E-state index contributed by atoms with van der Waals surface area (Å²) in [6.07, 6.45) is 0.0132. The fourth-order valence-corrected chi connectivity index (χ4v) is 6.37. The van der Waals surface area contributed by atoms with Crippen molar-refractivity contribution in [1.82, 2.24) is 0 Å². The highest BCUT2D eigenvalue weighted by molar-refractivity contribution is 6.38. The van der Waals surface area contributed by atoms with Gasteiger partial charge in [0.05, 0.1) is 11.5 Å². The second-order valence-electron chi connectivity index (χ2n) is 15.3. The predicted molar refractivity (Wildman–Crippen MR) is 158 cm³/mol. The van der Waals surface area contributed by atoms with Crippen molar-refractivity contribution < 1.29 is 11.4 Å². The van der Waals surface area contributed by atoms with Crippen LogP contribution in [0.2, 0.25) is 0 Å². The van der Waals surface area contributed by atoms with Crippen molar-refractivity contribution >= 4 is 15.1 Å². The maximum Gasteiger partial charge on any atom is 1.10 e. The lowest BCUT2D eigenvalue weighted by Gasteiger charge is -2.37. The summed E-state index contributed by atoms with van der Waals surface area (Å²) in [5.41, 5.74) is 7.44. The Kier molecular flexibility index (Phi) is 8.07. The Morgan fingerprint density at radius 2 is 0.973 bits per heavy atom. The first-order chi connectivity index (χ1) is 16.6. The summed E-state index contributed by atoms with van der Waals surface area (Å²) in [7, 11) is 0. The van der Waals surface area contributed by atoms with Gasteiger partial charge in [0.1, 0.15) is 0 Å². The van der Waals surface area contributed by atoms with Crippen LogP contribution in [-0.4, -0.2) is 21.3 Å². The van der Waals surface area contributed by atoms with Gasteiger partial charge in [0, 0.05) is 12.0 Å². The first kappa shape index (κ1) is 30.1. The smallest absolute Gasteiger partial charge is 0.588 e. The maximum atomic E-state index is 6.86. The monoisotopic (exact) mass is 522 g/mol. The molecule has 0 aromatic heterocycles. The largest absolute Gasteiger partial charge is 1.10 e. The van der Waals surface area contributed by atoms with Crippen LogP contribution in [0, 0.1) is 0 Å². The van der Waals surface area contributed by atoms with Gasteiger partial charge < -0.3 is 11.4 Å². The first-order valence-corrected chi connectivity index (χ1v) is 15.4. The fourth-order valence-electron chi connectivity index (χ4n) is 4.85. The van der Waals surface area contributed by atoms with E-state index in [-0.39, 0.29) is 33.7 Å².